The molecule has 1 fully saturated rings. The molecule has 1 saturated heterocycles. The summed E-state index contributed by atoms with van der Waals surface area (Å²) in [6.45, 7) is 3.42. The average molecular weight is 193 g/mol. The third-order valence-corrected chi connectivity index (χ3v) is 4.94. The van der Waals surface area contributed by atoms with Crippen LogP contribution in [0.15, 0.2) is 0 Å². The second kappa shape index (κ2) is 2.97. The molecule has 4 nitrogen and oxygen atoms in total. The minimum absolute atomic E-state index is 0.268. The Bertz CT molecular complexity index is 258. The van der Waals surface area contributed by atoms with Gasteiger partial charge in [0.1, 0.15) is 5.60 Å². The molecule has 1 aliphatic heterocycles. The third kappa shape index (κ3) is 1.62. The molecule has 0 aliphatic carbocycles. The number of rotatable bonds is 2. The summed E-state index contributed by atoms with van der Waals surface area (Å²) in [4.78, 5) is 4.68. The summed E-state index contributed by atoms with van der Waals surface area (Å²) >= 11 is 0. The van der Waals surface area contributed by atoms with Gasteiger partial charge in [-0.05, 0) is 26.7 Å². The molecule has 1 aliphatic rings. The maximum Gasteiger partial charge on any atom is 0.156 e. The van der Waals surface area contributed by atoms with Crippen molar-refractivity contribution >= 4 is 9.84 Å². The van der Waals surface area contributed by atoms with Gasteiger partial charge in [-0.1, -0.05) is 0 Å². The SMILES string of the molecule is CC(C)(ON)C1CCCS1(=O)=O. The zero-order chi connectivity index (χ0) is 9.41. The van der Waals surface area contributed by atoms with Crippen LogP contribution in [0.25, 0.3) is 0 Å². The van der Waals surface area contributed by atoms with Gasteiger partial charge in [0.15, 0.2) is 9.84 Å². The van der Waals surface area contributed by atoms with Crippen molar-refractivity contribution in [2.75, 3.05) is 5.75 Å². The van der Waals surface area contributed by atoms with Gasteiger partial charge in [0.2, 0.25) is 0 Å². The van der Waals surface area contributed by atoms with E-state index in [0.717, 1.165) is 6.42 Å². The van der Waals surface area contributed by atoms with E-state index in [0.29, 0.717) is 6.42 Å². The second-order valence-electron chi connectivity index (χ2n) is 3.72. The molecule has 1 heterocycles. The Morgan fingerprint density at radius 1 is 1.50 bits per heavy atom. The average Bonchev–Trinajstić information content (AvgIpc) is 2.30. The van der Waals surface area contributed by atoms with E-state index in [1.807, 2.05) is 0 Å². The van der Waals surface area contributed by atoms with Gasteiger partial charge in [-0.15, -0.1) is 0 Å². The highest BCUT2D eigenvalue weighted by molar-refractivity contribution is 7.92. The van der Waals surface area contributed by atoms with Crippen LogP contribution in [0.5, 0.6) is 0 Å². The lowest BCUT2D eigenvalue weighted by Gasteiger charge is -2.27. The molecule has 12 heavy (non-hydrogen) atoms. The highest BCUT2D eigenvalue weighted by Crippen LogP contribution is 2.30. The fraction of sp³-hybridized carbons (Fsp3) is 1.00. The lowest BCUT2D eigenvalue weighted by Crippen LogP contribution is -2.43. The van der Waals surface area contributed by atoms with Crippen molar-refractivity contribution in [1.29, 1.82) is 0 Å². The van der Waals surface area contributed by atoms with Crippen LogP contribution in [0.4, 0.5) is 0 Å². The van der Waals surface area contributed by atoms with Crippen LogP contribution < -0.4 is 5.90 Å². The van der Waals surface area contributed by atoms with Crippen LogP contribution in [-0.4, -0.2) is 25.0 Å². The van der Waals surface area contributed by atoms with Crippen LogP contribution in [0.1, 0.15) is 26.7 Å². The zero-order valence-corrected chi connectivity index (χ0v) is 8.23. The minimum Gasteiger partial charge on any atom is -0.297 e. The summed E-state index contributed by atoms with van der Waals surface area (Å²) < 4.78 is 22.9. The summed E-state index contributed by atoms with van der Waals surface area (Å²) in [5.74, 6) is 5.31. The van der Waals surface area contributed by atoms with Crippen LogP contribution in [0, 0.1) is 0 Å². The van der Waals surface area contributed by atoms with E-state index in [4.69, 9.17) is 5.90 Å². The number of hydrogen-bond acceptors (Lipinski definition) is 4. The summed E-state index contributed by atoms with van der Waals surface area (Å²) in [6, 6.07) is 0. The lowest BCUT2D eigenvalue weighted by molar-refractivity contribution is -0.0221. The van der Waals surface area contributed by atoms with Crippen LogP contribution in [0.2, 0.25) is 0 Å². The van der Waals surface area contributed by atoms with Crippen LogP contribution in [0.3, 0.4) is 0 Å². The van der Waals surface area contributed by atoms with E-state index in [9.17, 15) is 8.42 Å². The van der Waals surface area contributed by atoms with Crippen molar-refractivity contribution in [2.45, 2.75) is 37.5 Å². The summed E-state index contributed by atoms with van der Waals surface area (Å²) in [7, 11) is -2.96. The molecule has 1 rings (SSSR count). The predicted molar refractivity (Wildman–Crippen MR) is 46.2 cm³/mol. The van der Waals surface area contributed by atoms with E-state index in [2.05, 4.69) is 4.84 Å². The maximum atomic E-state index is 11.4. The van der Waals surface area contributed by atoms with Gasteiger partial charge in [-0.3, -0.25) is 4.84 Å². The van der Waals surface area contributed by atoms with E-state index < -0.39 is 20.7 Å². The van der Waals surface area contributed by atoms with Crippen molar-refractivity contribution in [3.8, 4) is 0 Å². The van der Waals surface area contributed by atoms with E-state index >= 15 is 0 Å². The molecule has 0 spiro atoms. The third-order valence-electron chi connectivity index (χ3n) is 2.41. The molecule has 0 saturated carbocycles. The molecule has 0 aromatic heterocycles. The van der Waals surface area contributed by atoms with Gasteiger partial charge in [-0.25, -0.2) is 14.3 Å². The summed E-state index contributed by atoms with van der Waals surface area (Å²) in [5, 5.41) is -0.435. The molecule has 0 radical (unpaired) electrons. The monoisotopic (exact) mass is 193 g/mol. The number of sulfone groups is 1. The molecule has 1 unspecified atom stereocenters. The van der Waals surface area contributed by atoms with Crippen molar-refractivity contribution in [1.82, 2.24) is 0 Å². The minimum atomic E-state index is -2.96. The van der Waals surface area contributed by atoms with E-state index in [1.54, 1.807) is 13.8 Å². The summed E-state index contributed by atoms with van der Waals surface area (Å²) in [6.07, 6.45) is 1.38. The second-order valence-corrected chi connectivity index (χ2v) is 6.02. The maximum absolute atomic E-state index is 11.4. The topological polar surface area (TPSA) is 69.4 Å². The Balaban J connectivity index is 2.90. The lowest BCUT2D eigenvalue weighted by atomic mass is 10.0. The molecular formula is C7H15NO3S. The molecule has 0 amide bonds. The normalized spacial score (nSPS) is 29.1. The largest absolute Gasteiger partial charge is 0.297 e. The van der Waals surface area contributed by atoms with Gasteiger partial charge < -0.3 is 0 Å². The molecule has 2 N–H and O–H groups in total. The van der Waals surface area contributed by atoms with Crippen molar-refractivity contribution < 1.29 is 13.3 Å². The van der Waals surface area contributed by atoms with Crippen molar-refractivity contribution in [2.24, 2.45) is 5.90 Å². The Hall–Kier alpha value is -0.130. The van der Waals surface area contributed by atoms with Gasteiger partial charge in [0.25, 0.3) is 0 Å². The first-order chi connectivity index (χ1) is 5.40. The highest BCUT2D eigenvalue weighted by Gasteiger charge is 2.43. The molecule has 0 bridgehead atoms. The first kappa shape index (κ1) is 9.95. The number of nitrogens with two attached hydrogens (primary N) is 1. The first-order valence-corrected chi connectivity index (χ1v) is 5.71. The van der Waals surface area contributed by atoms with Gasteiger partial charge in [0.05, 0.1) is 11.0 Å². The van der Waals surface area contributed by atoms with Gasteiger partial charge in [-0.2, -0.15) is 0 Å². The Kier molecular flexibility index (Phi) is 2.47. The van der Waals surface area contributed by atoms with E-state index in [1.165, 1.54) is 0 Å². The molecule has 1 atom stereocenters. The highest BCUT2D eigenvalue weighted by atomic mass is 32.2. The molecule has 0 aromatic rings. The van der Waals surface area contributed by atoms with Gasteiger partial charge in [0, 0.05) is 0 Å². The number of hydrogen-bond donors (Lipinski definition) is 1. The first-order valence-electron chi connectivity index (χ1n) is 3.99. The van der Waals surface area contributed by atoms with Crippen LogP contribution >= 0.6 is 0 Å². The fourth-order valence-corrected chi connectivity index (χ4v) is 3.95. The van der Waals surface area contributed by atoms with Crippen LogP contribution in [-0.2, 0) is 14.7 Å². The predicted octanol–water partition coefficient (Wildman–Crippen LogP) is 0.233. The molecule has 72 valence electrons. The zero-order valence-electron chi connectivity index (χ0n) is 7.41. The Labute approximate surface area is 73.0 Å². The van der Waals surface area contributed by atoms with E-state index in [-0.39, 0.29) is 5.75 Å². The smallest absolute Gasteiger partial charge is 0.156 e. The fourth-order valence-electron chi connectivity index (χ4n) is 1.65. The molecular weight excluding hydrogens is 178 g/mol. The Morgan fingerprint density at radius 3 is 2.42 bits per heavy atom. The Morgan fingerprint density at radius 2 is 2.08 bits per heavy atom. The molecule has 5 heteroatoms. The van der Waals surface area contributed by atoms with Crippen molar-refractivity contribution in [3.63, 3.8) is 0 Å². The molecule has 0 aromatic carbocycles. The summed E-state index contributed by atoms with van der Waals surface area (Å²) in [5.41, 5.74) is -0.755. The standard InChI is InChI=1S/C7H15NO3S/c1-7(2,11-8)6-4-3-5-12(6,9)10/h6H,3-5,8H2,1-2H3. The van der Waals surface area contributed by atoms with Gasteiger partial charge >= 0.3 is 0 Å². The quantitative estimate of drug-likeness (QED) is 0.637. The van der Waals surface area contributed by atoms with Crippen molar-refractivity contribution in [3.05, 3.63) is 0 Å².